The van der Waals surface area contributed by atoms with Gasteiger partial charge in [-0.05, 0) is 24.6 Å². The molecule has 2 rings (SSSR count). The van der Waals surface area contributed by atoms with Crippen LogP contribution in [-0.4, -0.2) is 21.9 Å². The number of rotatable bonds is 4. The molecule has 1 aromatic carbocycles. The topological polar surface area (TPSA) is 93.0 Å². The molecule has 98 valence electrons. The van der Waals surface area contributed by atoms with Crippen LogP contribution in [0, 0.1) is 17.0 Å². The van der Waals surface area contributed by atoms with E-state index >= 15 is 0 Å². The van der Waals surface area contributed by atoms with Gasteiger partial charge in [-0.2, -0.15) is 4.98 Å². The summed E-state index contributed by atoms with van der Waals surface area (Å²) in [6.45, 7) is 1.97. The number of nitrogens with one attached hydrogen (secondary N) is 2. The fourth-order valence-corrected chi connectivity index (χ4v) is 1.61. The second kappa shape index (κ2) is 5.30. The summed E-state index contributed by atoms with van der Waals surface area (Å²) < 4.78 is 0. The van der Waals surface area contributed by atoms with Gasteiger partial charge in [-0.1, -0.05) is 12.1 Å². The molecule has 0 atom stereocenters. The van der Waals surface area contributed by atoms with E-state index in [1.54, 1.807) is 7.05 Å². The van der Waals surface area contributed by atoms with Gasteiger partial charge in [0, 0.05) is 12.7 Å². The molecule has 2 aromatic rings. The predicted molar refractivity (Wildman–Crippen MR) is 72.7 cm³/mol. The van der Waals surface area contributed by atoms with Crippen molar-refractivity contribution in [2.45, 2.75) is 6.92 Å². The quantitative estimate of drug-likeness (QED) is 0.647. The third kappa shape index (κ3) is 2.95. The summed E-state index contributed by atoms with van der Waals surface area (Å²) in [6, 6.07) is 7.68. The fraction of sp³-hybridized carbons (Fsp3) is 0.167. The van der Waals surface area contributed by atoms with E-state index in [-0.39, 0.29) is 11.5 Å². The number of aryl methyl sites for hydroxylation is 1. The molecule has 1 aromatic heterocycles. The largest absolute Gasteiger partial charge is 0.367 e. The zero-order chi connectivity index (χ0) is 13.8. The number of anilines is 3. The van der Waals surface area contributed by atoms with Crippen molar-refractivity contribution < 1.29 is 4.92 Å². The summed E-state index contributed by atoms with van der Waals surface area (Å²) in [6.07, 6.45) is 1.18. The number of nitro groups is 1. The zero-order valence-electron chi connectivity index (χ0n) is 10.5. The zero-order valence-corrected chi connectivity index (χ0v) is 10.5. The Balaban J connectivity index is 2.29. The van der Waals surface area contributed by atoms with Crippen LogP contribution < -0.4 is 10.6 Å². The first-order valence-electron chi connectivity index (χ1n) is 5.63. The molecule has 0 bridgehead atoms. The molecule has 0 radical (unpaired) electrons. The van der Waals surface area contributed by atoms with Crippen molar-refractivity contribution in [2.75, 3.05) is 17.7 Å². The lowest BCUT2D eigenvalue weighted by atomic mass is 10.2. The minimum absolute atomic E-state index is 0.155. The Morgan fingerprint density at radius 2 is 2.16 bits per heavy atom. The van der Waals surface area contributed by atoms with Crippen LogP contribution in [0.5, 0.6) is 0 Å². The summed E-state index contributed by atoms with van der Waals surface area (Å²) >= 11 is 0. The van der Waals surface area contributed by atoms with E-state index < -0.39 is 4.92 Å². The Labute approximate surface area is 109 Å². The van der Waals surface area contributed by atoms with E-state index in [2.05, 4.69) is 20.6 Å². The third-order valence-electron chi connectivity index (χ3n) is 2.48. The van der Waals surface area contributed by atoms with Crippen molar-refractivity contribution in [1.82, 2.24) is 9.97 Å². The van der Waals surface area contributed by atoms with Crippen molar-refractivity contribution in [3.63, 3.8) is 0 Å². The monoisotopic (exact) mass is 259 g/mol. The highest BCUT2D eigenvalue weighted by Gasteiger charge is 2.15. The first kappa shape index (κ1) is 12.7. The highest BCUT2D eigenvalue weighted by atomic mass is 16.6. The van der Waals surface area contributed by atoms with Gasteiger partial charge in [-0.3, -0.25) is 10.1 Å². The van der Waals surface area contributed by atoms with Gasteiger partial charge in [0.25, 0.3) is 0 Å². The number of aromatic nitrogens is 2. The Morgan fingerprint density at radius 3 is 2.79 bits per heavy atom. The highest BCUT2D eigenvalue weighted by molar-refractivity contribution is 5.60. The van der Waals surface area contributed by atoms with Crippen LogP contribution in [0.25, 0.3) is 0 Å². The molecular formula is C12H13N5O2. The van der Waals surface area contributed by atoms with Crippen molar-refractivity contribution in [2.24, 2.45) is 0 Å². The smallest absolute Gasteiger partial charge is 0.329 e. The average molecular weight is 259 g/mol. The first-order chi connectivity index (χ1) is 9.10. The number of hydrogen-bond donors (Lipinski definition) is 2. The second-order valence-electron chi connectivity index (χ2n) is 3.93. The van der Waals surface area contributed by atoms with Gasteiger partial charge in [-0.15, -0.1) is 0 Å². The molecule has 0 aliphatic heterocycles. The molecule has 7 heteroatoms. The maximum Gasteiger partial charge on any atom is 0.329 e. The van der Waals surface area contributed by atoms with Crippen molar-refractivity contribution >= 4 is 23.1 Å². The molecule has 2 N–H and O–H groups in total. The number of benzene rings is 1. The van der Waals surface area contributed by atoms with Gasteiger partial charge in [0.05, 0.1) is 4.92 Å². The molecule has 1 heterocycles. The maximum atomic E-state index is 10.8. The lowest BCUT2D eigenvalue weighted by Crippen LogP contribution is -2.04. The van der Waals surface area contributed by atoms with Gasteiger partial charge < -0.3 is 10.6 Å². The molecule has 0 saturated carbocycles. The van der Waals surface area contributed by atoms with Crippen LogP contribution >= 0.6 is 0 Å². The minimum atomic E-state index is -0.526. The molecule has 7 nitrogen and oxygen atoms in total. The van der Waals surface area contributed by atoms with E-state index in [9.17, 15) is 10.1 Å². The standard InChI is InChI=1S/C12H13N5O2/c1-8-4-3-5-9(6-8)15-12-14-7-10(17(18)19)11(13-2)16-12/h3-7H,1-2H3,(H2,13,14,15,16). The van der Waals surface area contributed by atoms with E-state index in [4.69, 9.17) is 0 Å². The molecule has 0 aliphatic carbocycles. The summed E-state index contributed by atoms with van der Waals surface area (Å²) in [4.78, 5) is 18.2. The lowest BCUT2D eigenvalue weighted by molar-refractivity contribution is -0.384. The lowest BCUT2D eigenvalue weighted by Gasteiger charge is -2.07. The minimum Gasteiger partial charge on any atom is -0.367 e. The SMILES string of the molecule is CNc1nc(Nc2cccc(C)c2)ncc1[N+](=O)[O-]. The predicted octanol–water partition coefficient (Wildman–Crippen LogP) is 2.48. The summed E-state index contributed by atoms with van der Waals surface area (Å²) in [5.41, 5.74) is 1.77. The maximum absolute atomic E-state index is 10.8. The second-order valence-corrected chi connectivity index (χ2v) is 3.93. The first-order valence-corrected chi connectivity index (χ1v) is 5.63. The molecular weight excluding hydrogens is 246 g/mol. The Bertz CT molecular complexity index is 615. The van der Waals surface area contributed by atoms with Crippen LogP contribution in [-0.2, 0) is 0 Å². The van der Waals surface area contributed by atoms with Crippen LogP contribution in [0.15, 0.2) is 30.5 Å². The van der Waals surface area contributed by atoms with E-state index in [1.165, 1.54) is 6.20 Å². The molecule has 0 saturated heterocycles. The van der Waals surface area contributed by atoms with Crippen LogP contribution in [0.2, 0.25) is 0 Å². The average Bonchev–Trinajstić information content (AvgIpc) is 2.38. The third-order valence-corrected chi connectivity index (χ3v) is 2.48. The Morgan fingerprint density at radius 1 is 1.37 bits per heavy atom. The number of nitrogens with zero attached hydrogens (tertiary/aromatic N) is 3. The molecule has 0 spiro atoms. The van der Waals surface area contributed by atoms with Gasteiger partial charge in [-0.25, -0.2) is 4.98 Å². The van der Waals surface area contributed by atoms with Crippen LogP contribution in [0.4, 0.5) is 23.1 Å². The van der Waals surface area contributed by atoms with Gasteiger partial charge in [0.1, 0.15) is 6.20 Å². The molecule has 0 unspecified atom stereocenters. The van der Waals surface area contributed by atoms with Crippen molar-refractivity contribution in [3.05, 3.63) is 46.1 Å². The van der Waals surface area contributed by atoms with Crippen LogP contribution in [0.1, 0.15) is 5.56 Å². The normalized spacial score (nSPS) is 10.0. The molecule has 0 aliphatic rings. The van der Waals surface area contributed by atoms with Crippen molar-refractivity contribution in [1.29, 1.82) is 0 Å². The summed E-state index contributed by atoms with van der Waals surface area (Å²) in [7, 11) is 1.58. The fourth-order valence-electron chi connectivity index (χ4n) is 1.61. The Kier molecular flexibility index (Phi) is 3.56. The van der Waals surface area contributed by atoms with E-state index in [0.717, 1.165) is 11.3 Å². The molecule has 0 amide bonds. The summed E-state index contributed by atoms with van der Waals surface area (Å²) in [5, 5.41) is 16.4. The molecule has 19 heavy (non-hydrogen) atoms. The summed E-state index contributed by atoms with van der Waals surface area (Å²) in [5.74, 6) is 0.482. The highest BCUT2D eigenvalue weighted by Crippen LogP contribution is 2.23. The Hall–Kier alpha value is -2.70. The van der Waals surface area contributed by atoms with Crippen LogP contribution in [0.3, 0.4) is 0 Å². The van der Waals surface area contributed by atoms with Gasteiger partial charge >= 0.3 is 5.69 Å². The van der Waals surface area contributed by atoms with Gasteiger partial charge in [0.15, 0.2) is 0 Å². The van der Waals surface area contributed by atoms with E-state index in [0.29, 0.717) is 5.95 Å². The number of hydrogen-bond acceptors (Lipinski definition) is 6. The molecule has 0 fully saturated rings. The van der Waals surface area contributed by atoms with E-state index in [1.807, 2.05) is 31.2 Å². The van der Waals surface area contributed by atoms with Gasteiger partial charge in [0.2, 0.25) is 11.8 Å². The van der Waals surface area contributed by atoms with Crippen molar-refractivity contribution in [3.8, 4) is 0 Å².